The van der Waals surface area contributed by atoms with Gasteiger partial charge in [0.25, 0.3) is 0 Å². The summed E-state index contributed by atoms with van der Waals surface area (Å²) in [6.07, 6.45) is 0.295. The van der Waals surface area contributed by atoms with Crippen LogP contribution in [0, 0.1) is 0 Å². The smallest absolute Gasteiger partial charge is 0.320 e. The van der Waals surface area contributed by atoms with Gasteiger partial charge in [-0.05, 0) is 34.1 Å². The van der Waals surface area contributed by atoms with E-state index in [4.69, 9.17) is 4.74 Å². The van der Waals surface area contributed by atoms with Gasteiger partial charge in [-0.2, -0.15) is 0 Å². The minimum absolute atomic E-state index is 0.150. The molecule has 16 heavy (non-hydrogen) atoms. The summed E-state index contributed by atoms with van der Waals surface area (Å²) in [4.78, 5) is 13.4. The molecule has 0 unspecified atom stereocenters. The van der Waals surface area contributed by atoms with Crippen LogP contribution in [0.25, 0.3) is 0 Å². The van der Waals surface area contributed by atoms with Crippen LogP contribution in [0.15, 0.2) is 0 Å². The van der Waals surface area contributed by atoms with E-state index in [0.29, 0.717) is 19.6 Å². The lowest BCUT2D eigenvalue weighted by atomic mass is 10.0. The number of hydrogen-bond donors (Lipinski definition) is 1. The molecule has 0 aliphatic rings. The molecule has 4 nitrogen and oxygen atoms in total. The van der Waals surface area contributed by atoms with Gasteiger partial charge in [0.05, 0.1) is 19.3 Å². The molecule has 0 aromatic carbocycles. The van der Waals surface area contributed by atoms with Crippen LogP contribution in [0.4, 0.5) is 0 Å². The van der Waals surface area contributed by atoms with E-state index < -0.39 is 6.10 Å². The van der Waals surface area contributed by atoms with E-state index in [0.717, 1.165) is 0 Å². The number of aliphatic hydroxyl groups excluding tert-OH is 1. The number of esters is 1. The predicted octanol–water partition coefficient (Wildman–Crippen LogP) is 1.42. The molecule has 0 radical (unpaired) electrons. The van der Waals surface area contributed by atoms with Gasteiger partial charge in [0.2, 0.25) is 0 Å². The molecule has 0 amide bonds. The highest BCUT2D eigenvalue weighted by atomic mass is 16.5. The van der Waals surface area contributed by atoms with Crippen molar-refractivity contribution in [3.05, 3.63) is 0 Å². The third kappa shape index (κ3) is 6.08. The molecule has 0 saturated carbocycles. The number of β-amino-alcohol motifs (C(OH)–C–C–N with tert-alkyl or cyclic N) is 1. The van der Waals surface area contributed by atoms with Gasteiger partial charge in [-0.25, -0.2) is 0 Å². The molecule has 0 fully saturated rings. The molecule has 0 spiro atoms. The zero-order valence-corrected chi connectivity index (χ0v) is 11.1. The SMILES string of the molecule is CCOC(=O)CN(C[C@H](O)CC)C(C)(C)C. The summed E-state index contributed by atoms with van der Waals surface area (Å²) in [5.41, 5.74) is -0.150. The molecule has 1 N–H and O–H groups in total. The van der Waals surface area contributed by atoms with E-state index in [1.807, 2.05) is 32.6 Å². The molecule has 96 valence electrons. The van der Waals surface area contributed by atoms with Crippen LogP contribution < -0.4 is 0 Å². The summed E-state index contributed by atoms with van der Waals surface area (Å²) in [7, 11) is 0. The number of rotatable bonds is 6. The van der Waals surface area contributed by atoms with Crippen LogP contribution in [0.3, 0.4) is 0 Å². The largest absolute Gasteiger partial charge is 0.465 e. The van der Waals surface area contributed by atoms with Crippen molar-refractivity contribution in [2.45, 2.75) is 52.7 Å². The Bertz CT molecular complexity index is 211. The van der Waals surface area contributed by atoms with Crippen LogP contribution in [0.1, 0.15) is 41.0 Å². The fourth-order valence-corrected chi connectivity index (χ4v) is 1.32. The van der Waals surface area contributed by atoms with Crippen LogP contribution in [0.5, 0.6) is 0 Å². The molecular formula is C12H25NO3. The van der Waals surface area contributed by atoms with Crippen molar-refractivity contribution in [3.8, 4) is 0 Å². The second-order valence-electron chi connectivity index (χ2n) is 4.92. The Morgan fingerprint density at radius 3 is 2.31 bits per heavy atom. The summed E-state index contributed by atoms with van der Waals surface area (Å²) < 4.78 is 4.92. The monoisotopic (exact) mass is 231 g/mol. The van der Waals surface area contributed by atoms with Gasteiger partial charge in [-0.3, -0.25) is 9.69 Å². The number of hydrogen-bond acceptors (Lipinski definition) is 4. The molecule has 0 heterocycles. The summed E-state index contributed by atoms with van der Waals surface area (Å²) in [6.45, 7) is 10.9. The van der Waals surface area contributed by atoms with Crippen molar-refractivity contribution in [3.63, 3.8) is 0 Å². The van der Waals surface area contributed by atoms with E-state index in [-0.39, 0.29) is 18.1 Å². The number of nitrogens with zero attached hydrogens (tertiary/aromatic N) is 1. The molecule has 0 bridgehead atoms. The molecule has 1 atom stereocenters. The van der Waals surface area contributed by atoms with E-state index in [9.17, 15) is 9.90 Å². The second kappa shape index (κ2) is 6.86. The highest BCUT2D eigenvalue weighted by molar-refractivity contribution is 5.71. The molecule has 0 rings (SSSR count). The maximum atomic E-state index is 11.4. The molecule has 0 saturated heterocycles. The Morgan fingerprint density at radius 2 is 1.94 bits per heavy atom. The minimum atomic E-state index is -0.395. The van der Waals surface area contributed by atoms with Crippen molar-refractivity contribution in [1.29, 1.82) is 0 Å². The Morgan fingerprint density at radius 1 is 1.38 bits per heavy atom. The Kier molecular flexibility index (Phi) is 6.60. The third-order valence-electron chi connectivity index (χ3n) is 2.48. The van der Waals surface area contributed by atoms with Gasteiger partial charge in [0.1, 0.15) is 0 Å². The average Bonchev–Trinajstić information content (AvgIpc) is 2.15. The van der Waals surface area contributed by atoms with E-state index in [1.54, 1.807) is 6.92 Å². The highest BCUT2D eigenvalue weighted by Gasteiger charge is 2.25. The van der Waals surface area contributed by atoms with E-state index in [1.165, 1.54) is 0 Å². The third-order valence-corrected chi connectivity index (χ3v) is 2.48. The van der Waals surface area contributed by atoms with Crippen LogP contribution >= 0.6 is 0 Å². The number of carbonyl (C=O) groups is 1. The van der Waals surface area contributed by atoms with Crippen molar-refractivity contribution >= 4 is 5.97 Å². The predicted molar refractivity (Wildman–Crippen MR) is 64.3 cm³/mol. The van der Waals surface area contributed by atoms with E-state index in [2.05, 4.69) is 0 Å². The van der Waals surface area contributed by atoms with Crippen molar-refractivity contribution in [1.82, 2.24) is 4.90 Å². The molecule has 0 aliphatic heterocycles. The van der Waals surface area contributed by atoms with Gasteiger partial charge in [0.15, 0.2) is 0 Å². The van der Waals surface area contributed by atoms with Crippen LogP contribution in [0.2, 0.25) is 0 Å². The maximum absolute atomic E-state index is 11.4. The first-order valence-electron chi connectivity index (χ1n) is 5.90. The van der Waals surface area contributed by atoms with Crippen molar-refractivity contribution < 1.29 is 14.6 Å². The molecule has 0 aromatic rings. The molecular weight excluding hydrogens is 206 g/mol. The normalized spacial score (nSPS) is 13.9. The van der Waals surface area contributed by atoms with Crippen LogP contribution in [-0.4, -0.2) is 47.3 Å². The fraction of sp³-hybridized carbons (Fsp3) is 0.917. The van der Waals surface area contributed by atoms with Gasteiger partial charge in [-0.15, -0.1) is 0 Å². The average molecular weight is 231 g/mol. The second-order valence-corrected chi connectivity index (χ2v) is 4.92. The topological polar surface area (TPSA) is 49.8 Å². The van der Waals surface area contributed by atoms with Crippen molar-refractivity contribution in [2.75, 3.05) is 19.7 Å². The van der Waals surface area contributed by atoms with Gasteiger partial charge in [0, 0.05) is 12.1 Å². The van der Waals surface area contributed by atoms with Crippen molar-refractivity contribution in [2.24, 2.45) is 0 Å². The first kappa shape index (κ1) is 15.4. The fourth-order valence-electron chi connectivity index (χ4n) is 1.32. The maximum Gasteiger partial charge on any atom is 0.320 e. The lowest BCUT2D eigenvalue weighted by Crippen LogP contribution is -2.48. The number of carbonyl (C=O) groups excluding carboxylic acids is 1. The summed E-state index contributed by atoms with van der Waals surface area (Å²) >= 11 is 0. The van der Waals surface area contributed by atoms with Crippen LogP contribution in [-0.2, 0) is 9.53 Å². The summed E-state index contributed by atoms with van der Waals surface area (Å²) in [5.74, 6) is -0.235. The Labute approximate surface area is 98.6 Å². The molecule has 4 heteroatoms. The highest BCUT2D eigenvalue weighted by Crippen LogP contribution is 2.14. The molecule has 0 aliphatic carbocycles. The first-order valence-corrected chi connectivity index (χ1v) is 5.90. The number of aliphatic hydroxyl groups is 1. The van der Waals surface area contributed by atoms with Gasteiger partial charge >= 0.3 is 5.97 Å². The lowest BCUT2D eigenvalue weighted by Gasteiger charge is -2.35. The Balaban J connectivity index is 4.38. The van der Waals surface area contributed by atoms with E-state index >= 15 is 0 Å². The van der Waals surface area contributed by atoms with Gasteiger partial charge in [-0.1, -0.05) is 6.92 Å². The quantitative estimate of drug-likeness (QED) is 0.702. The number of ether oxygens (including phenoxy) is 1. The molecule has 0 aromatic heterocycles. The summed E-state index contributed by atoms with van der Waals surface area (Å²) in [5, 5.41) is 9.64. The first-order chi connectivity index (χ1) is 7.31. The zero-order valence-electron chi connectivity index (χ0n) is 11.1. The Hall–Kier alpha value is -0.610. The minimum Gasteiger partial charge on any atom is -0.465 e. The summed E-state index contributed by atoms with van der Waals surface area (Å²) in [6, 6.07) is 0. The zero-order chi connectivity index (χ0) is 12.8. The lowest BCUT2D eigenvalue weighted by molar-refractivity contribution is -0.146. The van der Waals surface area contributed by atoms with Gasteiger partial charge < -0.3 is 9.84 Å². The standard InChI is InChI=1S/C12H25NO3/c1-6-10(14)8-13(12(3,4)5)9-11(15)16-7-2/h10,14H,6-9H2,1-5H3/t10-/m1/s1.